The molecule has 1 aromatic carbocycles. The molecule has 1 saturated carbocycles. The van der Waals surface area contributed by atoms with E-state index >= 15 is 0 Å². The predicted molar refractivity (Wildman–Crippen MR) is 118 cm³/mol. The van der Waals surface area contributed by atoms with E-state index in [1.807, 2.05) is 0 Å². The topological polar surface area (TPSA) is 126 Å². The lowest BCUT2D eigenvalue weighted by Crippen LogP contribution is -2.22. The summed E-state index contributed by atoms with van der Waals surface area (Å²) >= 11 is 2.31. The van der Waals surface area contributed by atoms with Gasteiger partial charge in [0.15, 0.2) is 5.13 Å². The predicted octanol–water partition coefficient (Wildman–Crippen LogP) is 3.79. The molecule has 4 rings (SSSR count). The van der Waals surface area contributed by atoms with Gasteiger partial charge in [0, 0.05) is 11.4 Å². The van der Waals surface area contributed by atoms with Crippen LogP contribution in [-0.4, -0.2) is 35.5 Å². The number of hydrogen-bond donors (Lipinski definition) is 3. The number of anilines is 3. The molecule has 3 N–H and O–H groups in total. The fraction of sp³-hybridized carbons (Fsp3) is 0.333. The third-order valence-corrected chi connectivity index (χ3v) is 7.60. The maximum Gasteiger partial charge on any atom is 0.277 e. The first-order valence-corrected chi connectivity index (χ1v) is 12.6. The van der Waals surface area contributed by atoms with E-state index < -0.39 is 15.9 Å². The first-order valence-electron chi connectivity index (χ1n) is 9.44. The van der Waals surface area contributed by atoms with Crippen LogP contribution >= 0.6 is 22.7 Å². The van der Waals surface area contributed by atoms with Gasteiger partial charge in [-0.1, -0.05) is 48.8 Å². The Morgan fingerprint density at radius 1 is 1.00 bits per heavy atom. The fourth-order valence-electron chi connectivity index (χ4n) is 3.12. The second kappa shape index (κ2) is 9.06. The Kier molecular flexibility index (Phi) is 6.25. The van der Waals surface area contributed by atoms with E-state index in [0.717, 1.165) is 29.3 Å². The number of benzene rings is 1. The van der Waals surface area contributed by atoms with Crippen LogP contribution < -0.4 is 15.4 Å². The van der Waals surface area contributed by atoms with E-state index in [0.29, 0.717) is 6.04 Å². The zero-order valence-corrected chi connectivity index (χ0v) is 18.3. The molecule has 0 atom stereocenters. The summed E-state index contributed by atoms with van der Waals surface area (Å²) in [6.07, 6.45) is 5.93. The van der Waals surface area contributed by atoms with Crippen molar-refractivity contribution in [2.75, 3.05) is 15.4 Å². The minimum Gasteiger partial charge on any atom is -0.359 e. The number of hydrogen-bond acceptors (Lipinski definition) is 9. The number of nitrogens with zero attached hydrogens (tertiary/aromatic N) is 3. The van der Waals surface area contributed by atoms with Crippen LogP contribution in [0.3, 0.4) is 0 Å². The van der Waals surface area contributed by atoms with E-state index in [1.54, 1.807) is 23.6 Å². The molecular formula is C18H20N6O3S3. The van der Waals surface area contributed by atoms with Crippen molar-refractivity contribution in [3.05, 3.63) is 41.4 Å². The Balaban J connectivity index is 1.36. The summed E-state index contributed by atoms with van der Waals surface area (Å²) in [4.78, 5) is 16.9. The van der Waals surface area contributed by atoms with Crippen molar-refractivity contribution in [3.63, 3.8) is 0 Å². The molecule has 2 heterocycles. The number of sulfonamides is 1. The zero-order chi connectivity index (χ0) is 21.0. The maximum absolute atomic E-state index is 12.4. The average molecular weight is 465 g/mol. The van der Waals surface area contributed by atoms with Gasteiger partial charge in [-0.05, 0) is 25.0 Å². The summed E-state index contributed by atoms with van der Waals surface area (Å²) in [5.41, 5.74) is 0.278. The first-order chi connectivity index (χ1) is 14.5. The van der Waals surface area contributed by atoms with Crippen molar-refractivity contribution in [2.45, 2.75) is 43.0 Å². The molecule has 9 nitrogen and oxygen atoms in total. The number of carbonyl (C=O) groups is 1. The molecule has 0 saturated heterocycles. The Morgan fingerprint density at radius 2 is 1.73 bits per heavy atom. The summed E-state index contributed by atoms with van der Waals surface area (Å²) < 4.78 is 27.1. The zero-order valence-electron chi connectivity index (χ0n) is 15.9. The number of aromatic nitrogens is 3. The highest BCUT2D eigenvalue weighted by atomic mass is 32.2. The minimum atomic E-state index is -3.77. The number of nitrogens with one attached hydrogen (secondary N) is 3. The molecule has 3 aromatic rings. The molecule has 1 aliphatic rings. The number of amides is 1. The molecule has 158 valence electrons. The highest BCUT2D eigenvalue weighted by Gasteiger charge is 2.19. The van der Waals surface area contributed by atoms with Crippen molar-refractivity contribution < 1.29 is 13.2 Å². The summed E-state index contributed by atoms with van der Waals surface area (Å²) in [5, 5.41) is 16.3. The van der Waals surface area contributed by atoms with Gasteiger partial charge in [0.05, 0.1) is 4.90 Å². The minimum absolute atomic E-state index is 0.0621. The molecule has 0 radical (unpaired) electrons. The van der Waals surface area contributed by atoms with Crippen LogP contribution in [0.4, 0.5) is 15.4 Å². The number of carbonyl (C=O) groups excluding carboxylic acids is 1. The molecule has 1 aliphatic carbocycles. The highest BCUT2D eigenvalue weighted by Crippen LogP contribution is 2.26. The van der Waals surface area contributed by atoms with Crippen LogP contribution in [0.1, 0.15) is 42.6 Å². The van der Waals surface area contributed by atoms with Gasteiger partial charge in [0.2, 0.25) is 10.3 Å². The van der Waals surface area contributed by atoms with E-state index in [1.165, 1.54) is 42.7 Å². The number of rotatable bonds is 7. The van der Waals surface area contributed by atoms with Crippen molar-refractivity contribution >= 4 is 54.0 Å². The van der Waals surface area contributed by atoms with Gasteiger partial charge in [-0.2, -0.15) is 0 Å². The van der Waals surface area contributed by atoms with Crippen LogP contribution in [0.2, 0.25) is 0 Å². The third-order valence-electron chi connectivity index (χ3n) is 4.59. The summed E-state index contributed by atoms with van der Waals surface area (Å²) in [5.74, 6) is -0.420. The Morgan fingerprint density at radius 3 is 2.50 bits per heavy atom. The van der Waals surface area contributed by atoms with E-state index in [4.69, 9.17) is 0 Å². The van der Waals surface area contributed by atoms with Gasteiger partial charge in [-0.15, -0.1) is 21.5 Å². The fourth-order valence-corrected chi connectivity index (χ4v) is 5.77. The highest BCUT2D eigenvalue weighted by molar-refractivity contribution is 7.93. The van der Waals surface area contributed by atoms with Gasteiger partial charge in [-0.3, -0.25) is 14.8 Å². The van der Waals surface area contributed by atoms with Gasteiger partial charge in [0.1, 0.15) is 5.69 Å². The molecule has 0 bridgehead atoms. The second-order valence-corrected chi connectivity index (χ2v) is 10.3. The van der Waals surface area contributed by atoms with E-state index in [2.05, 4.69) is 30.5 Å². The van der Waals surface area contributed by atoms with E-state index in [9.17, 15) is 13.2 Å². The lowest BCUT2D eigenvalue weighted by molar-refractivity contribution is 0.102. The Bertz CT molecular complexity index is 1110. The molecular weight excluding hydrogens is 444 g/mol. The lowest BCUT2D eigenvalue weighted by atomic mass is 9.96. The summed E-state index contributed by atoms with van der Waals surface area (Å²) in [7, 11) is -3.77. The van der Waals surface area contributed by atoms with Crippen LogP contribution in [0.5, 0.6) is 0 Å². The molecule has 0 spiro atoms. The average Bonchev–Trinajstić information content (AvgIpc) is 3.39. The third kappa shape index (κ3) is 5.12. The van der Waals surface area contributed by atoms with Crippen molar-refractivity contribution in [1.29, 1.82) is 0 Å². The normalized spacial score (nSPS) is 14.9. The lowest BCUT2D eigenvalue weighted by Gasteiger charge is -2.22. The van der Waals surface area contributed by atoms with Crippen LogP contribution in [0, 0.1) is 0 Å². The molecule has 1 fully saturated rings. The standard InChI is InChI=1S/C18H20N6O3S3/c25-15(14-11-28-16(20-14)19-12-7-3-1-4-8-12)21-17-22-23-18(29-17)24-30(26,27)13-9-5-2-6-10-13/h2,5-6,9-12H,1,3-4,7-8H2,(H,19,20)(H,23,24)(H,21,22,25). The Labute approximate surface area is 182 Å². The molecule has 0 aliphatic heterocycles. The quantitative estimate of drug-likeness (QED) is 0.485. The largest absolute Gasteiger partial charge is 0.359 e. The second-order valence-electron chi connectivity index (χ2n) is 6.80. The molecule has 30 heavy (non-hydrogen) atoms. The molecule has 1 amide bonds. The summed E-state index contributed by atoms with van der Waals surface area (Å²) in [6, 6.07) is 8.35. The monoisotopic (exact) mass is 464 g/mol. The van der Waals surface area contributed by atoms with Gasteiger partial charge in [0.25, 0.3) is 15.9 Å². The van der Waals surface area contributed by atoms with E-state index in [-0.39, 0.29) is 20.9 Å². The Hall–Kier alpha value is -2.57. The van der Waals surface area contributed by atoms with Gasteiger partial charge in [-0.25, -0.2) is 13.4 Å². The van der Waals surface area contributed by atoms with Crippen LogP contribution in [-0.2, 0) is 10.0 Å². The molecule has 12 heteroatoms. The van der Waals surface area contributed by atoms with Crippen molar-refractivity contribution in [2.24, 2.45) is 0 Å². The van der Waals surface area contributed by atoms with Crippen LogP contribution in [0.15, 0.2) is 40.6 Å². The number of thiazole rings is 1. The summed E-state index contributed by atoms with van der Waals surface area (Å²) in [6.45, 7) is 0. The maximum atomic E-state index is 12.4. The first kappa shape index (κ1) is 20.7. The van der Waals surface area contributed by atoms with Gasteiger partial charge < -0.3 is 5.32 Å². The van der Waals surface area contributed by atoms with Crippen molar-refractivity contribution in [1.82, 2.24) is 15.2 Å². The molecule has 0 unspecified atom stereocenters. The SMILES string of the molecule is O=C(Nc1nnc(NS(=O)(=O)c2ccccc2)s1)c1csc(NC2CCCCC2)n1. The van der Waals surface area contributed by atoms with Gasteiger partial charge >= 0.3 is 0 Å². The molecule has 2 aromatic heterocycles. The smallest absolute Gasteiger partial charge is 0.277 e. The van der Waals surface area contributed by atoms with Crippen molar-refractivity contribution in [3.8, 4) is 0 Å². The van der Waals surface area contributed by atoms with Crippen LogP contribution in [0.25, 0.3) is 0 Å².